The average Bonchev–Trinajstić information content (AvgIpc) is 2.78. The van der Waals surface area contributed by atoms with E-state index in [0.29, 0.717) is 6.54 Å². The van der Waals surface area contributed by atoms with Crippen LogP contribution in [0.3, 0.4) is 0 Å². The van der Waals surface area contributed by atoms with Crippen molar-refractivity contribution in [1.29, 1.82) is 0 Å². The summed E-state index contributed by atoms with van der Waals surface area (Å²) in [4.78, 5) is 8.69. The molecule has 0 saturated heterocycles. The molecule has 0 radical (unpaired) electrons. The van der Waals surface area contributed by atoms with Gasteiger partial charge >= 0.3 is 0 Å². The zero-order chi connectivity index (χ0) is 10.7. The van der Waals surface area contributed by atoms with Gasteiger partial charge in [-0.1, -0.05) is 0 Å². The fraction of sp³-hybridized carbons (Fsp3) is 0.400. The summed E-state index contributed by atoms with van der Waals surface area (Å²) in [6.45, 7) is 3.44. The number of nitrogens with two attached hydrogens (primary N) is 1. The molecule has 0 aliphatic heterocycles. The van der Waals surface area contributed by atoms with Crippen molar-refractivity contribution < 1.29 is 0 Å². The molecule has 5 heteroatoms. The second kappa shape index (κ2) is 4.55. The molecule has 0 bridgehead atoms. The van der Waals surface area contributed by atoms with E-state index in [4.69, 9.17) is 5.73 Å². The monoisotopic (exact) mass is 222 g/mol. The van der Waals surface area contributed by atoms with Crippen LogP contribution < -0.4 is 5.73 Å². The van der Waals surface area contributed by atoms with E-state index < -0.39 is 0 Å². The second-order valence-corrected chi connectivity index (χ2v) is 4.43. The molecule has 0 spiro atoms. The van der Waals surface area contributed by atoms with Crippen LogP contribution in [0.1, 0.15) is 16.5 Å². The van der Waals surface area contributed by atoms with E-state index in [-0.39, 0.29) is 0 Å². The highest BCUT2D eigenvalue weighted by atomic mass is 32.1. The van der Waals surface area contributed by atoms with Gasteiger partial charge in [0.05, 0.1) is 17.2 Å². The molecular weight excluding hydrogens is 208 g/mol. The van der Waals surface area contributed by atoms with Gasteiger partial charge < -0.3 is 10.3 Å². The molecule has 0 atom stereocenters. The van der Waals surface area contributed by atoms with Crippen molar-refractivity contribution in [1.82, 2.24) is 14.5 Å². The van der Waals surface area contributed by atoms with E-state index in [9.17, 15) is 0 Å². The molecule has 0 aliphatic carbocycles. The molecule has 2 rings (SSSR count). The van der Waals surface area contributed by atoms with Crippen molar-refractivity contribution in [2.45, 2.75) is 19.9 Å². The van der Waals surface area contributed by atoms with Crippen LogP contribution in [0.15, 0.2) is 17.8 Å². The number of aryl methyl sites for hydroxylation is 1. The molecule has 2 N–H and O–H groups in total. The molecule has 0 aliphatic rings. The lowest BCUT2D eigenvalue weighted by molar-refractivity contribution is 0.705. The van der Waals surface area contributed by atoms with Crippen LogP contribution in [-0.4, -0.2) is 21.1 Å². The minimum Gasteiger partial charge on any atom is -0.330 e. The number of aromatic nitrogens is 3. The Balaban J connectivity index is 2.13. The van der Waals surface area contributed by atoms with Crippen LogP contribution in [0.2, 0.25) is 0 Å². The summed E-state index contributed by atoms with van der Waals surface area (Å²) in [6.07, 6.45) is 4.60. The molecule has 0 amide bonds. The van der Waals surface area contributed by atoms with E-state index >= 15 is 0 Å². The van der Waals surface area contributed by atoms with E-state index in [1.54, 1.807) is 11.3 Å². The third kappa shape index (κ3) is 2.43. The summed E-state index contributed by atoms with van der Waals surface area (Å²) in [5, 5.41) is 3.19. The Bertz CT molecular complexity index is 432. The number of thiazole rings is 1. The van der Waals surface area contributed by atoms with Crippen molar-refractivity contribution >= 4 is 11.3 Å². The highest BCUT2D eigenvalue weighted by molar-refractivity contribution is 7.09. The zero-order valence-electron chi connectivity index (χ0n) is 8.68. The van der Waals surface area contributed by atoms with Gasteiger partial charge in [0.2, 0.25) is 0 Å². The van der Waals surface area contributed by atoms with Gasteiger partial charge in [0, 0.05) is 24.2 Å². The first-order valence-electron chi connectivity index (χ1n) is 4.90. The van der Waals surface area contributed by atoms with Gasteiger partial charge in [-0.15, -0.1) is 11.3 Å². The maximum absolute atomic E-state index is 5.52. The number of nitrogens with zero attached hydrogens (tertiary/aromatic N) is 3. The molecule has 2 aromatic heterocycles. The quantitative estimate of drug-likeness (QED) is 0.845. The van der Waals surface area contributed by atoms with E-state index in [0.717, 1.165) is 29.5 Å². The molecule has 2 aromatic rings. The van der Waals surface area contributed by atoms with Gasteiger partial charge in [-0.25, -0.2) is 9.97 Å². The average molecular weight is 222 g/mol. The first-order chi connectivity index (χ1) is 7.29. The molecule has 15 heavy (non-hydrogen) atoms. The van der Waals surface area contributed by atoms with E-state index in [2.05, 4.69) is 19.9 Å². The Morgan fingerprint density at radius 1 is 1.53 bits per heavy atom. The van der Waals surface area contributed by atoms with Gasteiger partial charge in [0.25, 0.3) is 0 Å². The minimum atomic E-state index is 0.632. The Morgan fingerprint density at radius 2 is 2.40 bits per heavy atom. The Morgan fingerprint density at radius 3 is 3.07 bits per heavy atom. The molecule has 0 unspecified atom stereocenters. The lowest BCUT2D eigenvalue weighted by Crippen LogP contribution is -2.10. The van der Waals surface area contributed by atoms with Crippen molar-refractivity contribution in [3.05, 3.63) is 34.3 Å². The lowest BCUT2D eigenvalue weighted by atomic mass is 10.4. The number of rotatable bonds is 4. The summed E-state index contributed by atoms with van der Waals surface area (Å²) in [7, 11) is 0. The van der Waals surface area contributed by atoms with E-state index in [1.807, 2.05) is 19.3 Å². The number of hydrogen-bond acceptors (Lipinski definition) is 4. The molecular formula is C10H14N4S. The first kappa shape index (κ1) is 10.3. The minimum absolute atomic E-state index is 0.632. The summed E-state index contributed by atoms with van der Waals surface area (Å²) in [5.41, 5.74) is 6.61. The molecule has 80 valence electrons. The molecule has 4 nitrogen and oxygen atoms in total. The van der Waals surface area contributed by atoms with Gasteiger partial charge in [-0.3, -0.25) is 0 Å². The number of hydrogen-bond donors (Lipinski definition) is 1. The predicted octanol–water partition coefficient (Wildman–Crippen LogP) is 1.20. The maximum Gasteiger partial charge on any atom is 0.110 e. The summed E-state index contributed by atoms with van der Waals surface area (Å²) >= 11 is 1.68. The SMILES string of the molecule is Cc1nc(Cn2ccnc2CCN)cs1. The number of imidazole rings is 1. The van der Waals surface area contributed by atoms with E-state index in [1.165, 1.54) is 0 Å². The summed E-state index contributed by atoms with van der Waals surface area (Å²) in [6, 6.07) is 0. The zero-order valence-corrected chi connectivity index (χ0v) is 9.50. The molecule has 2 heterocycles. The Labute approximate surface area is 92.8 Å². The third-order valence-corrected chi connectivity index (χ3v) is 2.99. The van der Waals surface area contributed by atoms with Crippen molar-refractivity contribution in [3.63, 3.8) is 0 Å². The van der Waals surface area contributed by atoms with Gasteiger partial charge in [-0.2, -0.15) is 0 Å². The maximum atomic E-state index is 5.52. The van der Waals surface area contributed by atoms with Crippen LogP contribution in [-0.2, 0) is 13.0 Å². The smallest absolute Gasteiger partial charge is 0.110 e. The van der Waals surface area contributed by atoms with Crippen LogP contribution >= 0.6 is 11.3 Å². The molecule has 0 saturated carbocycles. The van der Waals surface area contributed by atoms with Crippen LogP contribution in [0.5, 0.6) is 0 Å². The fourth-order valence-electron chi connectivity index (χ4n) is 1.50. The van der Waals surface area contributed by atoms with Crippen LogP contribution in [0.4, 0.5) is 0 Å². The van der Waals surface area contributed by atoms with Crippen LogP contribution in [0.25, 0.3) is 0 Å². The highest BCUT2D eigenvalue weighted by Crippen LogP contribution is 2.10. The molecule has 0 fully saturated rings. The topological polar surface area (TPSA) is 56.7 Å². The normalized spacial score (nSPS) is 10.8. The first-order valence-corrected chi connectivity index (χ1v) is 5.78. The van der Waals surface area contributed by atoms with Gasteiger partial charge in [0.15, 0.2) is 0 Å². The largest absolute Gasteiger partial charge is 0.330 e. The van der Waals surface area contributed by atoms with Crippen molar-refractivity contribution in [2.24, 2.45) is 5.73 Å². The second-order valence-electron chi connectivity index (χ2n) is 3.37. The molecule has 0 aromatic carbocycles. The predicted molar refractivity (Wildman–Crippen MR) is 60.9 cm³/mol. The lowest BCUT2D eigenvalue weighted by Gasteiger charge is -2.04. The summed E-state index contributed by atoms with van der Waals surface area (Å²) < 4.78 is 2.10. The van der Waals surface area contributed by atoms with Gasteiger partial charge in [-0.05, 0) is 13.5 Å². The van der Waals surface area contributed by atoms with Crippen molar-refractivity contribution in [3.8, 4) is 0 Å². The van der Waals surface area contributed by atoms with Crippen molar-refractivity contribution in [2.75, 3.05) is 6.54 Å². The Hall–Kier alpha value is -1.20. The van der Waals surface area contributed by atoms with Gasteiger partial charge in [0.1, 0.15) is 5.82 Å². The van der Waals surface area contributed by atoms with Crippen LogP contribution in [0, 0.1) is 6.92 Å². The standard InChI is InChI=1S/C10H14N4S/c1-8-13-9(7-15-8)6-14-5-4-12-10(14)2-3-11/h4-5,7H,2-3,6,11H2,1H3. The highest BCUT2D eigenvalue weighted by Gasteiger charge is 2.04. The fourth-order valence-corrected chi connectivity index (χ4v) is 2.10. The Kier molecular flexibility index (Phi) is 3.13. The third-order valence-electron chi connectivity index (χ3n) is 2.17. The summed E-state index contributed by atoms with van der Waals surface area (Å²) in [5.74, 6) is 1.03.